The Balaban J connectivity index is 2.16. The van der Waals surface area contributed by atoms with Crippen LogP contribution in [0.25, 0.3) is 0 Å². The van der Waals surface area contributed by atoms with E-state index in [1.807, 2.05) is 0 Å². The van der Waals surface area contributed by atoms with Crippen LogP contribution < -0.4 is 10.1 Å². The zero-order valence-corrected chi connectivity index (χ0v) is 12.1. The van der Waals surface area contributed by atoms with Gasteiger partial charge in [0.05, 0.1) is 19.1 Å². The number of ether oxygens (including phenoxy) is 2. The van der Waals surface area contributed by atoms with Crippen LogP contribution in [0.2, 0.25) is 0 Å². The lowest BCUT2D eigenvalue weighted by Gasteiger charge is -2.18. The molecule has 0 aromatic heterocycles. The Morgan fingerprint density at radius 3 is 2.90 bits per heavy atom. The van der Waals surface area contributed by atoms with Crippen LogP contribution in [0.4, 0.5) is 0 Å². The topological polar surface area (TPSA) is 84.9 Å². The molecule has 1 aromatic rings. The summed E-state index contributed by atoms with van der Waals surface area (Å²) in [7, 11) is 1.50. The van der Waals surface area contributed by atoms with Gasteiger partial charge in [0.25, 0.3) is 0 Å². The highest BCUT2D eigenvalue weighted by Gasteiger charge is 2.26. The summed E-state index contributed by atoms with van der Waals surface area (Å²) in [6.07, 6.45) is 0.754. The van der Waals surface area contributed by atoms with Gasteiger partial charge in [0.2, 0.25) is 5.91 Å². The summed E-state index contributed by atoms with van der Waals surface area (Å²) in [6.45, 7) is 2.54. The van der Waals surface area contributed by atoms with E-state index in [9.17, 15) is 14.7 Å². The van der Waals surface area contributed by atoms with Crippen molar-refractivity contribution >= 4 is 11.9 Å². The Bertz CT molecular complexity index is 543. The minimum atomic E-state index is -1.09. The average molecular weight is 293 g/mol. The molecule has 2 unspecified atom stereocenters. The number of aliphatic carboxylic acids is 1. The van der Waals surface area contributed by atoms with Gasteiger partial charge < -0.3 is 19.9 Å². The Morgan fingerprint density at radius 1 is 1.48 bits per heavy atom. The standard InChI is InChI=1S/C15H19NO5/c1-9(8-20-2)14(17)16-13(15(18)19)11-3-4-12-10(7-11)5-6-21-12/h3-4,7,9,13H,5-6,8H2,1-2H3,(H,16,17)(H,18,19). The quantitative estimate of drug-likeness (QED) is 0.821. The number of carbonyl (C=O) groups excluding carboxylic acids is 1. The molecule has 0 saturated carbocycles. The highest BCUT2D eigenvalue weighted by molar-refractivity contribution is 5.85. The first-order chi connectivity index (χ1) is 10.0. The summed E-state index contributed by atoms with van der Waals surface area (Å²) in [5.41, 5.74) is 1.52. The molecule has 21 heavy (non-hydrogen) atoms. The van der Waals surface area contributed by atoms with Crippen molar-refractivity contribution in [3.63, 3.8) is 0 Å². The van der Waals surface area contributed by atoms with Crippen LogP contribution in [-0.2, 0) is 20.7 Å². The molecule has 0 fully saturated rings. The minimum absolute atomic E-state index is 0.246. The van der Waals surface area contributed by atoms with Crippen molar-refractivity contribution in [3.8, 4) is 5.75 Å². The maximum absolute atomic E-state index is 12.0. The summed E-state index contributed by atoms with van der Waals surface area (Å²) >= 11 is 0. The maximum Gasteiger partial charge on any atom is 0.330 e. The van der Waals surface area contributed by atoms with Gasteiger partial charge in [-0.2, -0.15) is 0 Å². The SMILES string of the molecule is COCC(C)C(=O)NC(C(=O)O)c1ccc2c(c1)CCO2. The molecule has 1 aliphatic rings. The molecular weight excluding hydrogens is 274 g/mol. The minimum Gasteiger partial charge on any atom is -0.493 e. The van der Waals surface area contributed by atoms with E-state index < -0.39 is 17.9 Å². The van der Waals surface area contributed by atoms with Crippen molar-refractivity contribution in [2.24, 2.45) is 5.92 Å². The number of benzene rings is 1. The van der Waals surface area contributed by atoms with E-state index in [1.165, 1.54) is 7.11 Å². The van der Waals surface area contributed by atoms with Crippen LogP contribution in [0.3, 0.4) is 0 Å². The Labute approximate surface area is 123 Å². The van der Waals surface area contributed by atoms with E-state index in [4.69, 9.17) is 9.47 Å². The summed E-state index contributed by atoms with van der Waals surface area (Å²) < 4.78 is 10.3. The first-order valence-electron chi connectivity index (χ1n) is 6.80. The summed E-state index contributed by atoms with van der Waals surface area (Å²) in [5.74, 6) is -1.07. The van der Waals surface area contributed by atoms with Crippen molar-refractivity contribution in [2.75, 3.05) is 20.3 Å². The van der Waals surface area contributed by atoms with E-state index >= 15 is 0 Å². The number of carbonyl (C=O) groups is 2. The van der Waals surface area contributed by atoms with Gasteiger partial charge in [0.1, 0.15) is 5.75 Å². The van der Waals surface area contributed by atoms with Crippen LogP contribution in [-0.4, -0.2) is 37.3 Å². The second-order valence-electron chi connectivity index (χ2n) is 5.10. The third kappa shape index (κ3) is 3.52. The van der Waals surface area contributed by atoms with Crippen molar-refractivity contribution in [2.45, 2.75) is 19.4 Å². The highest BCUT2D eigenvalue weighted by Crippen LogP contribution is 2.28. The Kier molecular flexibility index (Phi) is 4.80. The molecule has 114 valence electrons. The fraction of sp³-hybridized carbons (Fsp3) is 0.467. The largest absolute Gasteiger partial charge is 0.493 e. The molecule has 1 aliphatic heterocycles. The number of carboxylic acids is 1. The number of rotatable bonds is 6. The van der Waals surface area contributed by atoms with E-state index in [1.54, 1.807) is 25.1 Å². The molecule has 6 nitrogen and oxygen atoms in total. The number of hydrogen-bond acceptors (Lipinski definition) is 4. The second-order valence-corrected chi connectivity index (χ2v) is 5.10. The molecular formula is C15H19NO5. The van der Waals surface area contributed by atoms with Crippen LogP contribution in [0.1, 0.15) is 24.1 Å². The normalized spacial score (nSPS) is 15.7. The number of fused-ring (bicyclic) bond motifs is 1. The van der Waals surface area contributed by atoms with E-state index in [0.29, 0.717) is 12.2 Å². The molecule has 6 heteroatoms. The average Bonchev–Trinajstić information content (AvgIpc) is 2.91. The molecule has 0 aliphatic carbocycles. The van der Waals surface area contributed by atoms with Crippen LogP contribution in [0, 0.1) is 5.92 Å². The third-order valence-corrected chi connectivity index (χ3v) is 3.44. The number of carboxylic acid groups (broad SMARTS) is 1. The van der Waals surface area contributed by atoms with Gasteiger partial charge in [0, 0.05) is 13.5 Å². The fourth-order valence-corrected chi connectivity index (χ4v) is 2.28. The molecule has 1 heterocycles. The van der Waals surface area contributed by atoms with Crippen molar-refractivity contribution in [1.29, 1.82) is 0 Å². The molecule has 0 spiro atoms. The van der Waals surface area contributed by atoms with Crippen molar-refractivity contribution < 1.29 is 24.2 Å². The van der Waals surface area contributed by atoms with Gasteiger partial charge in [-0.15, -0.1) is 0 Å². The second kappa shape index (κ2) is 6.58. The van der Waals surface area contributed by atoms with Crippen LogP contribution in [0.5, 0.6) is 5.75 Å². The van der Waals surface area contributed by atoms with E-state index in [2.05, 4.69) is 5.32 Å². The lowest BCUT2D eigenvalue weighted by molar-refractivity contribution is -0.142. The molecule has 2 rings (SSSR count). The molecule has 2 atom stereocenters. The predicted octanol–water partition coefficient (Wildman–Crippen LogP) is 1.15. The molecule has 1 aromatic carbocycles. The number of hydrogen-bond donors (Lipinski definition) is 2. The van der Waals surface area contributed by atoms with Crippen LogP contribution in [0.15, 0.2) is 18.2 Å². The Hall–Kier alpha value is -2.08. The van der Waals surface area contributed by atoms with Gasteiger partial charge in [-0.1, -0.05) is 13.0 Å². The zero-order chi connectivity index (χ0) is 15.4. The molecule has 2 N–H and O–H groups in total. The Morgan fingerprint density at radius 2 is 2.24 bits per heavy atom. The van der Waals surface area contributed by atoms with Crippen molar-refractivity contribution in [3.05, 3.63) is 29.3 Å². The number of amides is 1. The van der Waals surface area contributed by atoms with Gasteiger partial charge in [0.15, 0.2) is 6.04 Å². The summed E-state index contributed by atoms with van der Waals surface area (Å²) in [4.78, 5) is 23.4. The number of methoxy groups -OCH3 is 1. The predicted molar refractivity (Wildman–Crippen MR) is 75.2 cm³/mol. The lowest BCUT2D eigenvalue weighted by atomic mass is 10.0. The number of nitrogens with one attached hydrogen (secondary N) is 1. The first kappa shape index (κ1) is 15.3. The fourth-order valence-electron chi connectivity index (χ4n) is 2.28. The van der Waals surface area contributed by atoms with Crippen molar-refractivity contribution in [1.82, 2.24) is 5.32 Å². The highest BCUT2D eigenvalue weighted by atomic mass is 16.5. The summed E-state index contributed by atoms with van der Waals surface area (Å²) in [6, 6.07) is 4.13. The molecule has 0 radical (unpaired) electrons. The van der Waals surface area contributed by atoms with Crippen LogP contribution >= 0.6 is 0 Å². The zero-order valence-electron chi connectivity index (χ0n) is 12.1. The van der Waals surface area contributed by atoms with Gasteiger partial charge in [-0.3, -0.25) is 4.79 Å². The third-order valence-electron chi connectivity index (χ3n) is 3.44. The van der Waals surface area contributed by atoms with E-state index in [0.717, 1.165) is 17.7 Å². The maximum atomic E-state index is 12.0. The monoisotopic (exact) mass is 293 g/mol. The lowest BCUT2D eigenvalue weighted by Crippen LogP contribution is -2.38. The van der Waals surface area contributed by atoms with Gasteiger partial charge >= 0.3 is 5.97 Å². The molecule has 0 bridgehead atoms. The van der Waals surface area contributed by atoms with E-state index in [-0.39, 0.29) is 12.5 Å². The molecule has 1 amide bonds. The van der Waals surface area contributed by atoms with Gasteiger partial charge in [-0.05, 0) is 23.3 Å². The molecule has 0 saturated heterocycles. The van der Waals surface area contributed by atoms with Gasteiger partial charge in [-0.25, -0.2) is 4.79 Å². The smallest absolute Gasteiger partial charge is 0.330 e. The first-order valence-corrected chi connectivity index (χ1v) is 6.80. The summed E-state index contributed by atoms with van der Waals surface area (Å²) in [5, 5.41) is 11.9.